The second-order valence-electron chi connectivity index (χ2n) is 6.18. The van der Waals surface area contributed by atoms with Crippen LogP contribution in [0.15, 0.2) is 23.0 Å². The summed E-state index contributed by atoms with van der Waals surface area (Å²) in [4.78, 5) is 26.4. The predicted molar refractivity (Wildman–Crippen MR) is 88.8 cm³/mol. The van der Waals surface area contributed by atoms with Gasteiger partial charge in [0.05, 0.1) is 6.54 Å². The SMILES string of the molecule is CCc1noc(CCC(=O)NCC2(O)CCN(c3ncccn3)C2)n1. The van der Waals surface area contributed by atoms with E-state index in [2.05, 4.69) is 25.4 Å². The summed E-state index contributed by atoms with van der Waals surface area (Å²) in [5.41, 5.74) is -0.977. The molecular formula is C16H22N6O3. The van der Waals surface area contributed by atoms with Gasteiger partial charge < -0.3 is 19.8 Å². The highest BCUT2D eigenvalue weighted by Crippen LogP contribution is 2.23. The van der Waals surface area contributed by atoms with Gasteiger partial charge in [0.25, 0.3) is 0 Å². The topological polar surface area (TPSA) is 117 Å². The van der Waals surface area contributed by atoms with Crippen LogP contribution >= 0.6 is 0 Å². The minimum Gasteiger partial charge on any atom is -0.386 e. The van der Waals surface area contributed by atoms with Gasteiger partial charge in [-0.3, -0.25) is 4.79 Å². The molecule has 0 bridgehead atoms. The first-order valence-electron chi connectivity index (χ1n) is 8.40. The molecule has 2 N–H and O–H groups in total. The molecule has 1 amide bonds. The summed E-state index contributed by atoms with van der Waals surface area (Å²) in [6.45, 7) is 3.17. The third-order valence-corrected chi connectivity index (χ3v) is 4.17. The molecule has 2 aromatic rings. The van der Waals surface area contributed by atoms with E-state index in [4.69, 9.17) is 4.52 Å². The highest BCUT2D eigenvalue weighted by molar-refractivity contribution is 5.76. The van der Waals surface area contributed by atoms with E-state index in [-0.39, 0.29) is 18.9 Å². The van der Waals surface area contributed by atoms with Crippen molar-refractivity contribution in [2.75, 3.05) is 24.5 Å². The maximum Gasteiger partial charge on any atom is 0.227 e. The first kappa shape index (κ1) is 17.3. The lowest BCUT2D eigenvalue weighted by Gasteiger charge is -2.23. The van der Waals surface area contributed by atoms with Crippen LogP contribution in [0.1, 0.15) is 31.5 Å². The van der Waals surface area contributed by atoms with Crippen LogP contribution in [0, 0.1) is 0 Å². The molecule has 1 unspecified atom stereocenters. The van der Waals surface area contributed by atoms with E-state index in [1.165, 1.54) is 0 Å². The molecule has 134 valence electrons. The number of amides is 1. The first-order chi connectivity index (χ1) is 12.1. The fourth-order valence-corrected chi connectivity index (χ4v) is 2.73. The molecular weight excluding hydrogens is 324 g/mol. The van der Waals surface area contributed by atoms with Gasteiger partial charge in [-0.05, 0) is 12.5 Å². The van der Waals surface area contributed by atoms with Crippen molar-refractivity contribution >= 4 is 11.9 Å². The van der Waals surface area contributed by atoms with Crippen molar-refractivity contribution in [3.8, 4) is 0 Å². The molecule has 2 aromatic heterocycles. The Bertz CT molecular complexity index is 707. The molecule has 3 heterocycles. The fraction of sp³-hybridized carbons (Fsp3) is 0.562. The summed E-state index contributed by atoms with van der Waals surface area (Å²) in [6.07, 6.45) is 5.22. The van der Waals surface area contributed by atoms with Crippen molar-refractivity contribution in [1.82, 2.24) is 25.4 Å². The van der Waals surface area contributed by atoms with Crippen LogP contribution in [0.4, 0.5) is 5.95 Å². The smallest absolute Gasteiger partial charge is 0.227 e. The highest BCUT2D eigenvalue weighted by atomic mass is 16.5. The van der Waals surface area contributed by atoms with Crippen molar-refractivity contribution in [3.63, 3.8) is 0 Å². The van der Waals surface area contributed by atoms with Gasteiger partial charge in [0.15, 0.2) is 5.82 Å². The number of nitrogens with zero attached hydrogens (tertiary/aromatic N) is 5. The second-order valence-corrected chi connectivity index (χ2v) is 6.18. The van der Waals surface area contributed by atoms with Crippen LogP contribution in [-0.2, 0) is 17.6 Å². The van der Waals surface area contributed by atoms with Crippen LogP contribution in [0.5, 0.6) is 0 Å². The first-order valence-corrected chi connectivity index (χ1v) is 8.40. The highest BCUT2D eigenvalue weighted by Gasteiger charge is 2.37. The zero-order valence-corrected chi connectivity index (χ0v) is 14.2. The number of β-amino-alcohol motifs (C(OH)–C–C–N with tert-alkyl or cyclic N) is 1. The minimum absolute atomic E-state index is 0.154. The maximum atomic E-state index is 12.0. The third kappa shape index (κ3) is 4.50. The fourth-order valence-electron chi connectivity index (χ4n) is 2.73. The molecule has 9 nitrogen and oxygen atoms in total. The minimum atomic E-state index is -0.977. The molecule has 9 heteroatoms. The van der Waals surface area contributed by atoms with E-state index < -0.39 is 5.60 Å². The lowest BCUT2D eigenvalue weighted by molar-refractivity contribution is -0.122. The molecule has 3 rings (SSSR count). The Labute approximate surface area is 145 Å². The Kier molecular flexibility index (Phi) is 5.22. The normalized spacial score (nSPS) is 20.0. The number of aromatic nitrogens is 4. The number of aryl methyl sites for hydroxylation is 2. The van der Waals surface area contributed by atoms with Gasteiger partial charge in [-0.15, -0.1) is 0 Å². The van der Waals surface area contributed by atoms with Crippen LogP contribution in [0.3, 0.4) is 0 Å². The zero-order chi connectivity index (χ0) is 17.7. The molecule has 1 aliphatic heterocycles. The number of nitrogens with one attached hydrogen (secondary N) is 1. The summed E-state index contributed by atoms with van der Waals surface area (Å²) >= 11 is 0. The average Bonchev–Trinajstić information content (AvgIpc) is 3.26. The Hall–Kier alpha value is -2.55. The quantitative estimate of drug-likeness (QED) is 0.725. The van der Waals surface area contributed by atoms with Gasteiger partial charge in [-0.2, -0.15) is 4.98 Å². The van der Waals surface area contributed by atoms with Crippen molar-refractivity contribution in [2.24, 2.45) is 0 Å². The molecule has 1 atom stereocenters. The van der Waals surface area contributed by atoms with Crippen molar-refractivity contribution in [1.29, 1.82) is 0 Å². The molecule has 1 aliphatic rings. The predicted octanol–water partition coefficient (Wildman–Crippen LogP) is 0.112. The second kappa shape index (κ2) is 7.56. The lowest BCUT2D eigenvalue weighted by atomic mass is 10.0. The monoisotopic (exact) mass is 346 g/mol. The van der Waals surface area contributed by atoms with Crippen molar-refractivity contribution in [3.05, 3.63) is 30.2 Å². The van der Waals surface area contributed by atoms with Gasteiger partial charge in [-0.25, -0.2) is 9.97 Å². The number of hydrogen-bond acceptors (Lipinski definition) is 8. The number of aliphatic hydroxyl groups is 1. The maximum absolute atomic E-state index is 12.0. The molecule has 1 fully saturated rings. The lowest BCUT2D eigenvalue weighted by Crippen LogP contribution is -2.45. The Morgan fingerprint density at radius 2 is 2.24 bits per heavy atom. The third-order valence-electron chi connectivity index (χ3n) is 4.17. The summed E-state index contributed by atoms with van der Waals surface area (Å²) in [5.74, 6) is 1.53. The summed E-state index contributed by atoms with van der Waals surface area (Å²) < 4.78 is 5.06. The number of anilines is 1. The number of hydrogen-bond donors (Lipinski definition) is 2. The van der Waals surface area contributed by atoms with E-state index in [0.29, 0.717) is 50.0 Å². The number of carbonyl (C=O) groups excluding carboxylic acids is 1. The average molecular weight is 346 g/mol. The van der Waals surface area contributed by atoms with E-state index in [1.807, 2.05) is 11.8 Å². The zero-order valence-electron chi connectivity index (χ0n) is 14.2. The molecule has 0 saturated carbocycles. The summed E-state index contributed by atoms with van der Waals surface area (Å²) in [6, 6.07) is 1.75. The number of rotatable bonds is 7. The van der Waals surface area contributed by atoms with Gasteiger partial charge >= 0.3 is 0 Å². The standard InChI is InChI=1S/C16H22N6O3/c1-2-12-20-14(25-21-12)5-4-13(23)19-10-16(24)6-9-22(11-16)15-17-7-3-8-18-15/h3,7-8,24H,2,4-6,9-11H2,1H3,(H,19,23). The van der Waals surface area contributed by atoms with Gasteiger partial charge in [-0.1, -0.05) is 12.1 Å². The van der Waals surface area contributed by atoms with Crippen molar-refractivity contribution < 1.29 is 14.4 Å². The molecule has 0 radical (unpaired) electrons. The van der Waals surface area contributed by atoms with E-state index in [9.17, 15) is 9.90 Å². The Morgan fingerprint density at radius 1 is 1.44 bits per heavy atom. The largest absolute Gasteiger partial charge is 0.386 e. The molecule has 0 spiro atoms. The summed E-state index contributed by atoms with van der Waals surface area (Å²) in [5, 5.41) is 17.2. The van der Waals surface area contributed by atoms with Gasteiger partial charge in [0.1, 0.15) is 5.60 Å². The number of carbonyl (C=O) groups is 1. The van der Waals surface area contributed by atoms with Crippen molar-refractivity contribution in [2.45, 2.75) is 38.2 Å². The van der Waals surface area contributed by atoms with E-state index in [0.717, 1.165) is 0 Å². The molecule has 0 aromatic carbocycles. The van der Waals surface area contributed by atoms with E-state index >= 15 is 0 Å². The molecule has 25 heavy (non-hydrogen) atoms. The molecule has 1 saturated heterocycles. The summed E-state index contributed by atoms with van der Waals surface area (Å²) in [7, 11) is 0. The Balaban J connectivity index is 1.44. The molecule has 0 aliphatic carbocycles. The van der Waals surface area contributed by atoms with E-state index in [1.54, 1.807) is 18.5 Å². The van der Waals surface area contributed by atoms with Crippen LogP contribution in [0.25, 0.3) is 0 Å². The van der Waals surface area contributed by atoms with Gasteiger partial charge in [0.2, 0.25) is 17.7 Å². The van der Waals surface area contributed by atoms with Gasteiger partial charge in [0, 0.05) is 44.7 Å². The van der Waals surface area contributed by atoms with Crippen LogP contribution in [0.2, 0.25) is 0 Å². The van der Waals surface area contributed by atoms with Crippen LogP contribution in [-0.4, -0.2) is 56.4 Å². The van der Waals surface area contributed by atoms with Crippen LogP contribution < -0.4 is 10.2 Å². The Morgan fingerprint density at radius 3 is 2.96 bits per heavy atom.